The number of nitrogens with one attached hydrogen (secondary N) is 2. The summed E-state index contributed by atoms with van der Waals surface area (Å²) in [4.78, 5) is 8.52. The largest absolute Gasteiger partial charge is 0.376 e. The Bertz CT molecular complexity index is 377. The molecule has 5 nitrogen and oxygen atoms in total. The zero-order valence-electron chi connectivity index (χ0n) is 11.2. The van der Waals surface area contributed by atoms with Crippen LogP contribution in [0.25, 0.3) is 0 Å². The standard InChI is InChI=1S/C13H22N4O/c1-3-14-12-10(2)13(17-9-16-12)15-8-11-6-4-5-7-18-11/h9,11H,3-8H2,1-2H3,(H2,14,15,16,17). The third-order valence-corrected chi connectivity index (χ3v) is 3.20. The van der Waals surface area contributed by atoms with Crippen molar-refractivity contribution in [2.24, 2.45) is 0 Å². The topological polar surface area (TPSA) is 59.1 Å². The second kappa shape index (κ2) is 6.54. The highest BCUT2D eigenvalue weighted by molar-refractivity contribution is 5.56. The minimum absolute atomic E-state index is 0.315. The summed E-state index contributed by atoms with van der Waals surface area (Å²) >= 11 is 0. The SMILES string of the molecule is CCNc1ncnc(NCC2CCCCO2)c1C. The Labute approximate surface area is 108 Å². The van der Waals surface area contributed by atoms with E-state index in [2.05, 4.69) is 27.5 Å². The average Bonchev–Trinajstić information content (AvgIpc) is 2.41. The first kappa shape index (κ1) is 13.1. The van der Waals surface area contributed by atoms with Crippen molar-refractivity contribution in [3.8, 4) is 0 Å². The smallest absolute Gasteiger partial charge is 0.134 e. The molecule has 0 amide bonds. The molecular weight excluding hydrogens is 228 g/mol. The maximum Gasteiger partial charge on any atom is 0.134 e. The summed E-state index contributed by atoms with van der Waals surface area (Å²) in [6, 6.07) is 0. The van der Waals surface area contributed by atoms with Crippen molar-refractivity contribution >= 4 is 11.6 Å². The van der Waals surface area contributed by atoms with E-state index < -0.39 is 0 Å². The Morgan fingerprint density at radius 2 is 2.06 bits per heavy atom. The molecule has 0 radical (unpaired) electrons. The number of nitrogens with zero attached hydrogens (tertiary/aromatic N) is 2. The summed E-state index contributed by atoms with van der Waals surface area (Å²) in [5.74, 6) is 1.80. The van der Waals surface area contributed by atoms with Crippen molar-refractivity contribution in [1.29, 1.82) is 0 Å². The van der Waals surface area contributed by atoms with Crippen LogP contribution in [-0.4, -0.2) is 35.8 Å². The number of hydrogen-bond donors (Lipinski definition) is 2. The predicted octanol–water partition coefficient (Wildman–Crippen LogP) is 2.20. The minimum Gasteiger partial charge on any atom is -0.376 e. The van der Waals surface area contributed by atoms with E-state index in [4.69, 9.17) is 4.74 Å². The van der Waals surface area contributed by atoms with E-state index in [0.717, 1.165) is 43.3 Å². The molecule has 18 heavy (non-hydrogen) atoms. The van der Waals surface area contributed by atoms with Crippen molar-refractivity contribution in [3.05, 3.63) is 11.9 Å². The van der Waals surface area contributed by atoms with E-state index in [1.807, 2.05) is 6.92 Å². The predicted molar refractivity (Wildman–Crippen MR) is 73.0 cm³/mol. The van der Waals surface area contributed by atoms with Crippen LogP contribution in [-0.2, 0) is 4.74 Å². The molecule has 1 aromatic heterocycles. The van der Waals surface area contributed by atoms with Crippen LogP contribution in [0.4, 0.5) is 11.6 Å². The third kappa shape index (κ3) is 3.32. The molecule has 1 aliphatic heterocycles. The van der Waals surface area contributed by atoms with Gasteiger partial charge in [-0.15, -0.1) is 0 Å². The summed E-state index contributed by atoms with van der Waals surface area (Å²) in [5.41, 5.74) is 1.06. The molecular formula is C13H22N4O. The van der Waals surface area contributed by atoms with Crippen LogP contribution in [0.15, 0.2) is 6.33 Å². The first-order chi connectivity index (χ1) is 8.81. The lowest BCUT2D eigenvalue weighted by Crippen LogP contribution is -2.27. The Hall–Kier alpha value is -1.36. The van der Waals surface area contributed by atoms with Gasteiger partial charge < -0.3 is 15.4 Å². The number of hydrogen-bond acceptors (Lipinski definition) is 5. The average molecular weight is 250 g/mol. The van der Waals surface area contributed by atoms with Crippen molar-refractivity contribution in [2.75, 3.05) is 30.3 Å². The van der Waals surface area contributed by atoms with Gasteiger partial charge in [0.2, 0.25) is 0 Å². The molecule has 0 aromatic carbocycles. The monoisotopic (exact) mass is 250 g/mol. The van der Waals surface area contributed by atoms with Gasteiger partial charge >= 0.3 is 0 Å². The molecule has 0 aliphatic carbocycles. The van der Waals surface area contributed by atoms with Gasteiger partial charge in [-0.25, -0.2) is 9.97 Å². The molecule has 1 fully saturated rings. The summed E-state index contributed by atoms with van der Waals surface area (Å²) in [7, 11) is 0. The summed E-state index contributed by atoms with van der Waals surface area (Å²) in [5, 5.41) is 6.60. The highest BCUT2D eigenvalue weighted by Crippen LogP contribution is 2.19. The van der Waals surface area contributed by atoms with Gasteiger partial charge in [-0.05, 0) is 33.1 Å². The molecule has 0 saturated carbocycles. The molecule has 100 valence electrons. The number of rotatable bonds is 5. The molecule has 1 atom stereocenters. The number of anilines is 2. The molecule has 2 rings (SSSR count). The maximum atomic E-state index is 5.70. The molecule has 1 aliphatic rings. The molecule has 2 heterocycles. The van der Waals surface area contributed by atoms with Gasteiger partial charge in [-0.1, -0.05) is 0 Å². The quantitative estimate of drug-likeness (QED) is 0.839. The maximum absolute atomic E-state index is 5.70. The van der Waals surface area contributed by atoms with Crippen LogP contribution in [0.3, 0.4) is 0 Å². The van der Waals surface area contributed by atoms with Gasteiger partial charge in [0.05, 0.1) is 6.10 Å². The first-order valence-electron chi connectivity index (χ1n) is 6.72. The Balaban J connectivity index is 1.93. The Morgan fingerprint density at radius 3 is 2.72 bits per heavy atom. The van der Waals surface area contributed by atoms with E-state index in [0.29, 0.717) is 6.10 Å². The lowest BCUT2D eigenvalue weighted by atomic mass is 10.1. The first-order valence-corrected chi connectivity index (χ1v) is 6.72. The molecule has 1 saturated heterocycles. The van der Waals surface area contributed by atoms with Crippen molar-refractivity contribution in [3.63, 3.8) is 0 Å². The summed E-state index contributed by atoms with van der Waals surface area (Å²) in [6.07, 6.45) is 5.49. The summed E-state index contributed by atoms with van der Waals surface area (Å²) in [6.45, 7) is 6.66. The highest BCUT2D eigenvalue weighted by Gasteiger charge is 2.14. The van der Waals surface area contributed by atoms with Crippen LogP contribution < -0.4 is 10.6 Å². The molecule has 5 heteroatoms. The zero-order valence-corrected chi connectivity index (χ0v) is 11.2. The van der Waals surface area contributed by atoms with Gasteiger partial charge in [-0.2, -0.15) is 0 Å². The van der Waals surface area contributed by atoms with E-state index in [-0.39, 0.29) is 0 Å². The Morgan fingerprint density at radius 1 is 1.28 bits per heavy atom. The summed E-state index contributed by atoms with van der Waals surface area (Å²) < 4.78 is 5.70. The van der Waals surface area contributed by atoms with Gasteiger partial charge in [0, 0.05) is 25.3 Å². The molecule has 1 unspecified atom stereocenters. The van der Waals surface area contributed by atoms with Crippen LogP contribution in [0.1, 0.15) is 31.7 Å². The number of aromatic nitrogens is 2. The zero-order chi connectivity index (χ0) is 12.8. The molecule has 1 aromatic rings. The fourth-order valence-electron chi connectivity index (χ4n) is 2.15. The third-order valence-electron chi connectivity index (χ3n) is 3.20. The van der Waals surface area contributed by atoms with Gasteiger partial charge in [0.15, 0.2) is 0 Å². The second-order valence-corrected chi connectivity index (χ2v) is 4.60. The van der Waals surface area contributed by atoms with Crippen LogP contribution >= 0.6 is 0 Å². The molecule has 2 N–H and O–H groups in total. The van der Waals surface area contributed by atoms with Crippen LogP contribution in [0.2, 0.25) is 0 Å². The normalized spacial score (nSPS) is 19.6. The molecule has 0 spiro atoms. The van der Waals surface area contributed by atoms with Gasteiger partial charge in [0.25, 0.3) is 0 Å². The Kier molecular flexibility index (Phi) is 4.75. The van der Waals surface area contributed by atoms with E-state index in [1.165, 1.54) is 12.8 Å². The van der Waals surface area contributed by atoms with Crippen LogP contribution in [0, 0.1) is 6.92 Å². The van der Waals surface area contributed by atoms with E-state index in [9.17, 15) is 0 Å². The lowest BCUT2D eigenvalue weighted by Gasteiger charge is -2.23. The van der Waals surface area contributed by atoms with Crippen molar-refractivity contribution in [1.82, 2.24) is 9.97 Å². The molecule has 0 bridgehead atoms. The van der Waals surface area contributed by atoms with Crippen molar-refractivity contribution < 1.29 is 4.74 Å². The fraction of sp³-hybridized carbons (Fsp3) is 0.692. The highest BCUT2D eigenvalue weighted by atomic mass is 16.5. The van der Waals surface area contributed by atoms with Gasteiger partial charge in [-0.3, -0.25) is 0 Å². The van der Waals surface area contributed by atoms with E-state index >= 15 is 0 Å². The van der Waals surface area contributed by atoms with Crippen LogP contribution in [0.5, 0.6) is 0 Å². The van der Waals surface area contributed by atoms with Gasteiger partial charge in [0.1, 0.15) is 18.0 Å². The van der Waals surface area contributed by atoms with Crippen molar-refractivity contribution in [2.45, 2.75) is 39.2 Å². The lowest BCUT2D eigenvalue weighted by molar-refractivity contribution is 0.0247. The number of ether oxygens (including phenoxy) is 1. The fourth-order valence-corrected chi connectivity index (χ4v) is 2.15. The van der Waals surface area contributed by atoms with E-state index in [1.54, 1.807) is 6.33 Å². The second-order valence-electron chi connectivity index (χ2n) is 4.60. The minimum atomic E-state index is 0.315.